The lowest BCUT2D eigenvalue weighted by molar-refractivity contribution is -0.0893. The lowest BCUT2D eigenvalue weighted by Gasteiger charge is -2.37. The van der Waals surface area contributed by atoms with E-state index < -0.39 is 19.3 Å². The maximum atomic E-state index is 10.2. The monoisotopic (exact) mass is 339 g/mol. The second-order valence-corrected chi connectivity index (χ2v) is 12.3. The van der Waals surface area contributed by atoms with Crippen LogP contribution in [0.4, 0.5) is 0 Å². The maximum absolute atomic E-state index is 10.2. The first-order valence-electron chi connectivity index (χ1n) is 8.43. The third-order valence-electron chi connectivity index (χ3n) is 5.07. The highest BCUT2D eigenvalue weighted by atomic mass is 28.3. The van der Waals surface area contributed by atoms with E-state index in [0.717, 1.165) is 5.46 Å². The van der Waals surface area contributed by atoms with E-state index in [0.29, 0.717) is 0 Å². The largest absolute Gasteiger partial charge is 0.427 e. The summed E-state index contributed by atoms with van der Waals surface area (Å²) in [6, 6.07) is 19.2. The normalized spacial score (nSPS) is 13.0. The van der Waals surface area contributed by atoms with Crippen LogP contribution in [0.1, 0.15) is 27.7 Å². The predicted molar refractivity (Wildman–Crippen MR) is 106 cm³/mol. The molecule has 2 aromatic rings. The molecule has 0 aliphatic carbocycles. The zero-order chi connectivity index (χ0) is 18.0. The quantitative estimate of drug-likeness (QED) is 0.819. The van der Waals surface area contributed by atoms with Crippen LogP contribution in [0.3, 0.4) is 0 Å². The average Bonchev–Trinajstić information content (AvgIpc) is 2.53. The first-order valence-corrected chi connectivity index (χ1v) is 11.4. The van der Waals surface area contributed by atoms with Crippen LogP contribution >= 0.6 is 0 Å². The Kier molecular flexibility index (Phi) is 5.43. The van der Waals surface area contributed by atoms with Gasteiger partial charge in [-0.25, -0.2) is 0 Å². The Labute approximate surface area is 148 Å². The lowest BCUT2D eigenvalue weighted by Crippen LogP contribution is -2.54. The molecule has 0 atom stereocenters. The van der Waals surface area contributed by atoms with Crippen LogP contribution in [-0.4, -0.2) is 31.9 Å². The summed E-state index contributed by atoms with van der Waals surface area (Å²) in [5.41, 5.74) is -0.546. The predicted octanol–water partition coefficient (Wildman–Crippen LogP) is 2.32. The van der Waals surface area contributed by atoms with Crippen molar-refractivity contribution in [2.24, 2.45) is 0 Å². The minimum absolute atomic E-state index is 0.657. The number of hydrogen-bond acceptors (Lipinski definition) is 2. The van der Waals surface area contributed by atoms with Gasteiger partial charge in [-0.3, -0.25) is 0 Å². The summed E-state index contributed by atoms with van der Waals surface area (Å²) < 4.78 is 5.89. The fourth-order valence-electron chi connectivity index (χ4n) is 2.38. The SMILES string of the molecule is CC(C)(O)C(C)(C)O[B]c1cccc([Si](C)(C)c2ccccc2)c1. The van der Waals surface area contributed by atoms with Crippen molar-refractivity contribution in [3.8, 4) is 0 Å². The summed E-state index contributed by atoms with van der Waals surface area (Å²) in [5, 5.41) is 13.0. The molecular formula is C20H28BO2Si. The molecule has 0 unspecified atom stereocenters. The molecule has 1 N–H and O–H groups in total. The Morgan fingerprint density at radius 2 is 1.46 bits per heavy atom. The van der Waals surface area contributed by atoms with Gasteiger partial charge in [0, 0.05) is 0 Å². The molecular weight excluding hydrogens is 311 g/mol. The van der Waals surface area contributed by atoms with E-state index in [1.165, 1.54) is 10.4 Å². The van der Waals surface area contributed by atoms with Crippen molar-refractivity contribution in [1.82, 2.24) is 0 Å². The number of aliphatic hydroxyl groups is 1. The van der Waals surface area contributed by atoms with E-state index in [1.807, 2.05) is 19.9 Å². The highest BCUT2D eigenvalue weighted by Crippen LogP contribution is 2.24. The van der Waals surface area contributed by atoms with E-state index in [9.17, 15) is 5.11 Å². The van der Waals surface area contributed by atoms with E-state index in [1.54, 1.807) is 21.3 Å². The molecule has 2 nitrogen and oxygen atoms in total. The van der Waals surface area contributed by atoms with Gasteiger partial charge in [-0.05, 0) is 27.7 Å². The van der Waals surface area contributed by atoms with E-state index in [-0.39, 0.29) is 0 Å². The van der Waals surface area contributed by atoms with Crippen LogP contribution in [-0.2, 0) is 4.65 Å². The van der Waals surface area contributed by atoms with Crippen molar-refractivity contribution in [1.29, 1.82) is 0 Å². The van der Waals surface area contributed by atoms with Gasteiger partial charge >= 0.3 is 7.48 Å². The maximum Gasteiger partial charge on any atom is 0.330 e. The van der Waals surface area contributed by atoms with E-state index in [2.05, 4.69) is 61.6 Å². The van der Waals surface area contributed by atoms with Gasteiger partial charge in [0.25, 0.3) is 0 Å². The van der Waals surface area contributed by atoms with Gasteiger partial charge in [-0.15, -0.1) is 0 Å². The fourth-order valence-corrected chi connectivity index (χ4v) is 4.78. The molecule has 2 aromatic carbocycles. The van der Waals surface area contributed by atoms with Crippen molar-refractivity contribution in [3.05, 3.63) is 54.6 Å². The molecule has 0 aliphatic heterocycles. The van der Waals surface area contributed by atoms with Crippen LogP contribution in [0, 0.1) is 0 Å². The summed E-state index contributed by atoms with van der Waals surface area (Å²) in [6.07, 6.45) is 0. The summed E-state index contributed by atoms with van der Waals surface area (Å²) >= 11 is 0. The van der Waals surface area contributed by atoms with Crippen LogP contribution in [0.25, 0.3) is 0 Å². The molecule has 24 heavy (non-hydrogen) atoms. The molecule has 0 amide bonds. The van der Waals surface area contributed by atoms with Gasteiger partial charge in [-0.2, -0.15) is 0 Å². The van der Waals surface area contributed by atoms with Crippen LogP contribution in [0.5, 0.6) is 0 Å². The van der Waals surface area contributed by atoms with Gasteiger partial charge in [0.2, 0.25) is 0 Å². The van der Waals surface area contributed by atoms with Crippen LogP contribution < -0.4 is 15.8 Å². The van der Waals surface area contributed by atoms with Gasteiger partial charge in [0.1, 0.15) is 8.07 Å². The molecule has 4 heteroatoms. The summed E-state index contributed by atoms with van der Waals surface area (Å²) in [6.45, 7) is 12.1. The number of benzene rings is 2. The van der Waals surface area contributed by atoms with Gasteiger partial charge in [0.15, 0.2) is 0 Å². The minimum atomic E-state index is -1.72. The standard InChI is InChI=1S/C20H28BO2Si/c1-19(2,22)20(3,4)23-21-16-11-10-14-18(15-16)24(5,6)17-12-8-7-9-13-17/h7-15,22H,1-6H3. The minimum Gasteiger partial charge on any atom is -0.427 e. The van der Waals surface area contributed by atoms with Gasteiger partial charge in [0.05, 0.1) is 11.2 Å². The Morgan fingerprint density at radius 3 is 2.04 bits per heavy atom. The number of hydrogen-bond donors (Lipinski definition) is 1. The molecule has 0 fully saturated rings. The summed E-state index contributed by atoms with van der Waals surface area (Å²) in [5.74, 6) is 0. The Hall–Kier alpha value is -1.36. The molecule has 0 spiro atoms. The molecule has 0 saturated carbocycles. The first kappa shape index (κ1) is 19.0. The van der Waals surface area contributed by atoms with Gasteiger partial charge in [-0.1, -0.05) is 83.5 Å². The highest BCUT2D eigenvalue weighted by molar-refractivity contribution is 7.00. The second kappa shape index (κ2) is 6.87. The third kappa shape index (κ3) is 4.18. The lowest BCUT2D eigenvalue weighted by atomic mass is 9.83. The fraction of sp³-hybridized carbons (Fsp3) is 0.400. The van der Waals surface area contributed by atoms with Crippen molar-refractivity contribution < 1.29 is 9.76 Å². The van der Waals surface area contributed by atoms with Crippen molar-refractivity contribution in [2.45, 2.75) is 52.0 Å². The van der Waals surface area contributed by atoms with E-state index in [4.69, 9.17) is 4.65 Å². The Balaban J connectivity index is 2.21. The third-order valence-corrected chi connectivity index (χ3v) is 8.60. The Morgan fingerprint density at radius 1 is 0.875 bits per heavy atom. The molecule has 2 rings (SSSR count). The number of rotatable bonds is 6. The summed E-state index contributed by atoms with van der Waals surface area (Å²) in [4.78, 5) is 0. The molecule has 0 aliphatic rings. The second-order valence-electron chi connectivity index (χ2n) is 7.92. The molecule has 0 heterocycles. The molecule has 0 bridgehead atoms. The van der Waals surface area contributed by atoms with Crippen LogP contribution in [0.15, 0.2) is 54.6 Å². The van der Waals surface area contributed by atoms with Crippen LogP contribution in [0.2, 0.25) is 13.1 Å². The molecule has 0 aromatic heterocycles. The van der Waals surface area contributed by atoms with E-state index >= 15 is 0 Å². The Bertz CT molecular complexity index is 676. The highest BCUT2D eigenvalue weighted by Gasteiger charge is 2.35. The molecule has 0 saturated heterocycles. The average molecular weight is 339 g/mol. The zero-order valence-electron chi connectivity index (χ0n) is 15.6. The smallest absolute Gasteiger partial charge is 0.330 e. The molecule has 1 radical (unpaired) electrons. The first-order chi connectivity index (χ1) is 11.0. The summed E-state index contributed by atoms with van der Waals surface area (Å²) in [7, 11) is 0.0375. The van der Waals surface area contributed by atoms with Crippen molar-refractivity contribution in [2.75, 3.05) is 0 Å². The van der Waals surface area contributed by atoms with Crippen molar-refractivity contribution in [3.63, 3.8) is 0 Å². The zero-order valence-corrected chi connectivity index (χ0v) is 16.6. The van der Waals surface area contributed by atoms with Gasteiger partial charge < -0.3 is 9.76 Å². The van der Waals surface area contributed by atoms with Crippen molar-refractivity contribution >= 4 is 31.4 Å². The molecule has 127 valence electrons. The topological polar surface area (TPSA) is 29.5 Å².